The van der Waals surface area contributed by atoms with Gasteiger partial charge in [-0.15, -0.1) is 0 Å². The highest BCUT2D eigenvalue weighted by atomic mass is 16.3. The molecule has 3 nitrogen and oxygen atoms in total. The fraction of sp³-hybridized carbons (Fsp3) is 1.00. The standard InChI is InChI=1S/C10H20N2O/c1-10(2)9-6-11-5-8(9)7-12(10)3-4-13/h8-9,11,13H,3-7H2,1-2H3. The molecule has 2 aliphatic rings. The van der Waals surface area contributed by atoms with Crippen molar-refractivity contribution in [1.82, 2.24) is 10.2 Å². The van der Waals surface area contributed by atoms with Gasteiger partial charge in [-0.05, 0) is 32.2 Å². The van der Waals surface area contributed by atoms with Gasteiger partial charge in [0.25, 0.3) is 0 Å². The van der Waals surface area contributed by atoms with Crippen molar-refractivity contribution < 1.29 is 5.11 Å². The number of fused-ring (bicyclic) bond motifs is 1. The van der Waals surface area contributed by atoms with Gasteiger partial charge in [-0.3, -0.25) is 4.90 Å². The molecule has 0 spiro atoms. The number of aliphatic hydroxyl groups is 1. The van der Waals surface area contributed by atoms with Gasteiger partial charge in [-0.25, -0.2) is 0 Å². The van der Waals surface area contributed by atoms with E-state index < -0.39 is 0 Å². The van der Waals surface area contributed by atoms with Gasteiger partial charge in [0.2, 0.25) is 0 Å². The second-order valence-electron chi connectivity index (χ2n) is 4.85. The maximum atomic E-state index is 8.96. The number of aliphatic hydroxyl groups excluding tert-OH is 1. The van der Waals surface area contributed by atoms with Gasteiger partial charge in [0.1, 0.15) is 0 Å². The molecule has 0 saturated carbocycles. The Hall–Kier alpha value is -0.120. The molecule has 0 radical (unpaired) electrons. The lowest BCUT2D eigenvalue weighted by Crippen LogP contribution is -2.45. The van der Waals surface area contributed by atoms with Gasteiger partial charge >= 0.3 is 0 Å². The molecular weight excluding hydrogens is 164 g/mol. The van der Waals surface area contributed by atoms with Crippen LogP contribution in [0.4, 0.5) is 0 Å². The average molecular weight is 184 g/mol. The van der Waals surface area contributed by atoms with Crippen molar-refractivity contribution in [2.75, 3.05) is 32.8 Å². The minimum Gasteiger partial charge on any atom is -0.395 e. The fourth-order valence-electron chi connectivity index (χ4n) is 3.00. The maximum absolute atomic E-state index is 8.96. The monoisotopic (exact) mass is 184 g/mol. The van der Waals surface area contributed by atoms with Gasteiger partial charge in [-0.2, -0.15) is 0 Å². The van der Waals surface area contributed by atoms with Crippen LogP contribution in [-0.2, 0) is 0 Å². The molecule has 0 amide bonds. The molecular formula is C10H20N2O. The summed E-state index contributed by atoms with van der Waals surface area (Å²) in [4.78, 5) is 2.43. The summed E-state index contributed by atoms with van der Waals surface area (Å²) in [6.45, 7) is 9.21. The van der Waals surface area contributed by atoms with Gasteiger partial charge in [0.05, 0.1) is 6.61 Å². The Bertz CT molecular complexity index is 193. The Morgan fingerprint density at radius 2 is 2.23 bits per heavy atom. The van der Waals surface area contributed by atoms with E-state index in [2.05, 4.69) is 24.1 Å². The number of nitrogens with zero attached hydrogens (tertiary/aromatic N) is 1. The Labute approximate surface area is 80.1 Å². The summed E-state index contributed by atoms with van der Waals surface area (Å²) in [6, 6.07) is 0. The molecule has 13 heavy (non-hydrogen) atoms. The maximum Gasteiger partial charge on any atom is 0.0558 e. The van der Waals surface area contributed by atoms with Crippen LogP contribution in [0.5, 0.6) is 0 Å². The quantitative estimate of drug-likeness (QED) is 0.629. The summed E-state index contributed by atoms with van der Waals surface area (Å²) in [5, 5.41) is 12.4. The van der Waals surface area contributed by atoms with E-state index in [0.29, 0.717) is 0 Å². The number of hydrogen-bond acceptors (Lipinski definition) is 3. The van der Waals surface area contributed by atoms with E-state index in [4.69, 9.17) is 5.11 Å². The van der Waals surface area contributed by atoms with E-state index >= 15 is 0 Å². The molecule has 2 aliphatic heterocycles. The highest BCUT2D eigenvalue weighted by Gasteiger charge is 2.48. The van der Waals surface area contributed by atoms with Crippen LogP contribution in [0.25, 0.3) is 0 Å². The van der Waals surface area contributed by atoms with Crippen molar-refractivity contribution in [2.24, 2.45) is 11.8 Å². The molecule has 2 fully saturated rings. The van der Waals surface area contributed by atoms with Gasteiger partial charge in [-0.1, -0.05) is 0 Å². The third-order valence-electron chi connectivity index (χ3n) is 3.89. The zero-order valence-corrected chi connectivity index (χ0v) is 8.58. The number of nitrogens with one attached hydrogen (secondary N) is 1. The van der Waals surface area contributed by atoms with Crippen LogP contribution in [0.1, 0.15) is 13.8 Å². The third-order valence-corrected chi connectivity index (χ3v) is 3.89. The van der Waals surface area contributed by atoms with E-state index in [1.54, 1.807) is 0 Å². The van der Waals surface area contributed by atoms with E-state index in [0.717, 1.165) is 38.0 Å². The summed E-state index contributed by atoms with van der Waals surface area (Å²) in [5.74, 6) is 1.58. The lowest BCUT2D eigenvalue weighted by Gasteiger charge is -2.35. The first-order chi connectivity index (χ1) is 6.16. The molecule has 0 aromatic rings. The molecule has 2 saturated heterocycles. The normalized spacial score (nSPS) is 38.1. The van der Waals surface area contributed by atoms with Crippen LogP contribution in [-0.4, -0.2) is 48.3 Å². The molecule has 2 N–H and O–H groups in total. The molecule has 0 aliphatic carbocycles. The second-order valence-corrected chi connectivity index (χ2v) is 4.85. The molecule has 2 heterocycles. The van der Waals surface area contributed by atoms with Crippen LogP contribution in [0.3, 0.4) is 0 Å². The Balaban J connectivity index is 2.09. The van der Waals surface area contributed by atoms with E-state index in [1.807, 2.05) is 0 Å². The zero-order valence-electron chi connectivity index (χ0n) is 8.58. The summed E-state index contributed by atoms with van der Waals surface area (Å²) in [5.41, 5.74) is 0.275. The first-order valence-corrected chi connectivity index (χ1v) is 5.23. The minimum atomic E-state index is 0.275. The van der Waals surface area contributed by atoms with Crippen molar-refractivity contribution >= 4 is 0 Å². The first kappa shape index (κ1) is 9.44. The lowest BCUT2D eigenvalue weighted by molar-refractivity contribution is 0.111. The van der Waals surface area contributed by atoms with E-state index in [9.17, 15) is 0 Å². The predicted molar refractivity (Wildman–Crippen MR) is 52.6 cm³/mol. The summed E-state index contributed by atoms with van der Waals surface area (Å²) < 4.78 is 0. The molecule has 0 aromatic heterocycles. The highest BCUT2D eigenvalue weighted by molar-refractivity contribution is 5.04. The van der Waals surface area contributed by atoms with Crippen LogP contribution in [0, 0.1) is 11.8 Å². The van der Waals surface area contributed by atoms with E-state index in [-0.39, 0.29) is 12.1 Å². The molecule has 0 aromatic carbocycles. The van der Waals surface area contributed by atoms with Gasteiger partial charge < -0.3 is 10.4 Å². The van der Waals surface area contributed by atoms with Gasteiger partial charge in [0.15, 0.2) is 0 Å². The Morgan fingerprint density at radius 3 is 2.85 bits per heavy atom. The zero-order chi connectivity index (χ0) is 9.47. The third kappa shape index (κ3) is 1.39. The topological polar surface area (TPSA) is 35.5 Å². The van der Waals surface area contributed by atoms with Crippen molar-refractivity contribution in [3.05, 3.63) is 0 Å². The molecule has 2 rings (SSSR count). The summed E-state index contributed by atoms with van der Waals surface area (Å²) >= 11 is 0. The molecule has 76 valence electrons. The number of likely N-dealkylation sites (tertiary alicyclic amines) is 1. The smallest absolute Gasteiger partial charge is 0.0558 e. The van der Waals surface area contributed by atoms with Crippen molar-refractivity contribution in [3.8, 4) is 0 Å². The van der Waals surface area contributed by atoms with Crippen molar-refractivity contribution in [2.45, 2.75) is 19.4 Å². The van der Waals surface area contributed by atoms with Crippen molar-refractivity contribution in [3.63, 3.8) is 0 Å². The molecule has 2 unspecified atom stereocenters. The lowest BCUT2D eigenvalue weighted by atomic mass is 9.85. The summed E-state index contributed by atoms with van der Waals surface area (Å²) in [6.07, 6.45) is 0. The van der Waals surface area contributed by atoms with Crippen molar-refractivity contribution in [1.29, 1.82) is 0 Å². The first-order valence-electron chi connectivity index (χ1n) is 5.23. The Kier molecular flexibility index (Phi) is 2.34. The van der Waals surface area contributed by atoms with Crippen LogP contribution >= 0.6 is 0 Å². The SMILES string of the molecule is CC1(C)C2CNCC2CN1CCO. The minimum absolute atomic E-state index is 0.275. The largest absolute Gasteiger partial charge is 0.395 e. The second kappa shape index (κ2) is 3.23. The number of hydrogen-bond donors (Lipinski definition) is 2. The fourth-order valence-corrected chi connectivity index (χ4v) is 3.00. The van der Waals surface area contributed by atoms with Crippen LogP contribution in [0.2, 0.25) is 0 Å². The Morgan fingerprint density at radius 1 is 1.46 bits per heavy atom. The van der Waals surface area contributed by atoms with E-state index in [1.165, 1.54) is 0 Å². The highest BCUT2D eigenvalue weighted by Crippen LogP contribution is 2.39. The van der Waals surface area contributed by atoms with Crippen LogP contribution < -0.4 is 5.32 Å². The average Bonchev–Trinajstić information content (AvgIpc) is 2.58. The van der Waals surface area contributed by atoms with Gasteiger partial charge in [0, 0.05) is 25.2 Å². The number of rotatable bonds is 2. The molecule has 0 bridgehead atoms. The molecule has 3 heteroatoms. The molecule has 2 atom stereocenters. The predicted octanol–water partition coefficient (Wildman–Crippen LogP) is -0.0915. The van der Waals surface area contributed by atoms with Crippen LogP contribution in [0.15, 0.2) is 0 Å². The number of β-amino-alcohol motifs (C(OH)–C–C–N with tert-alkyl or cyclic N) is 1. The summed E-state index contributed by atoms with van der Waals surface area (Å²) in [7, 11) is 0.